The molecular weight excluding hydrogens is 261 g/mol. The normalized spacial score (nSPS) is 12.7. The summed E-state index contributed by atoms with van der Waals surface area (Å²) in [6.07, 6.45) is -4.58. The third kappa shape index (κ3) is 11.6. The summed E-state index contributed by atoms with van der Waals surface area (Å²) in [7, 11) is -4.14. The van der Waals surface area contributed by atoms with Gasteiger partial charge in [0.2, 0.25) is 0 Å². The highest BCUT2D eigenvalue weighted by Crippen LogP contribution is 2.12. The molecule has 0 aliphatic rings. The largest absolute Gasteiger partial charge is 0.402 e. The lowest BCUT2D eigenvalue weighted by atomic mass is 10.4. The van der Waals surface area contributed by atoms with Gasteiger partial charge in [-0.25, -0.2) is 0 Å². The zero-order chi connectivity index (χ0) is 13.5. The quantitative estimate of drug-likeness (QED) is 0.503. The first-order valence-electron chi connectivity index (χ1n) is 4.65. The van der Waals surface area contributed by atoms with E-state index in [1.54, 1.807) is 6.92 Å². The van der Waals surface area contributed by atoms with E-state index in [9.17, 15) is 21.6 Å². The van der Waals surface area contributed by atoms with E-state index in [0.717, 1.165) is 5.57 Å². The first-order valence-corrected chi connectivity index (χ1v) is 6.14. The number of hydrogen-bond donors (Lipinski definition) is 2. The van der Waals surface area contributed by atoms with E-state index in [4.69, 9.17) is 4.74 Å². The monoisotopic (exact) mass is 276 g/mol. The number of rotatable bonds is 8. The molecule has 5 nitrogen and oxygen atoms in total. The van der Waals surface area contributed by atoms with Crippen molar-refractivity contribution in [1.82, 2.24) is 9.44 Å². The minimum Gasteiger partial charge on any atom is -0.376 e. The summed E-state index contributed by atoms with van der Waals surface area (Å²) in [5, 5.41) is 0. The Morgan fingerprint density at radius 2 is 1.94 bits per heavy atom. The Morgan fingerprint density at radius 3 is 2.41 bits per heavy atom. The van der Waals surface area contributed by atoms with E-state index in [-0.39, 0.29) is 19.8 Å². The second-order valence-corrected chi connectivity index (χ2v) is 4.93. The molecule has 0 saturated heterocycles. The zero-order valence-electron chi connectivity index (χ0n) is 9.30. The maximum atomic E-state index is 11.7. The molecule has 0 amide bonds. The van der Waals surface area contributed by atoms with Gasteiger partial charge in [0.05, 0.1) is 13.2 Å². The van der Waals surface area contributed by atoms with Crippen LogP contribution in [0.3, 0.4) is 0 Å². The van der Waals surface area contributed by atoms with Crippen LogP contribution in [0.2, 0.25) is 0 Å². The second kappa shape index (κ2) is 6.94. The van der Waals surface area contributed by atoms with Crippen molar-refractivity contribution in [3.05, 3.63) is 12.2 Å². The molecule has 0 aliphatic heterocycles. The second-order valence-electron chi connectivity index (χ2n) is 3.34. The zero-order valence-corrected chi connectivity index (χ0v) is 10.1. The van der Waals surface area contributed by atoms with Crippen LogP contribution in [0.4, 0.5) is 13.2 Å². The first-order chi connectivity index (χ1) is 7.62. The third-order valence-electron chi connectivity index (χ3n) is 1.35. The molecule has 0 heterocycles. The van der Waals surface area contributed by atoms with Gasteiger partial charge in [-0.05, 0) is 6.92 Å². The SMILES string of the molecule is C=C(C)COCCNS(=O)(=O)NCC(F)(F)F. The summed E-state index contributed by atoms with van der Waals surface area (Å²) in [5.41, 5.74) is 0.767. The maximum absolute atomic E-state index is 11.7. The van der Waals surface area contributed by atoms with Crippen LogP contribution in [0.25, 0.3) is 0 Å². The third-order valence-corrected chi connectivity index (χ3v) is 2.46. The Labute approximate surface area is 98.2 Å². The van der Waals surface area contributed by atoms with Crippen LogP contribution < -0.4 is 9.44 Å². The molecule has 9 heteroatoms. The molecule has 17 heavy (non-hydrogen) atoms. The van der Waals surface area contributed by atoms with Crippen LogP contribution in [0, 0.1) is 0 Å². The molecule has 0 saturated carbocycles. The van der Waals surface area contributed by atoms with Gasteiger partial charge in [0.15, 0.2) is 0 Å². The Morgan fingerprint density at radius 1 is 1.35 bits per heavy atom. The molecule has 0 aliphatic carbocycles. The predicted octanol–water partition coefficient (Wildman–Crippen LogP) is 0.565. The average Bonchev–Trinajstić information content (AvgIpc) is 2.13. The van der Waals surface area contributed by atoms with Gasteiger partial charge in [0, 0.05) is 6.54 Å². The Hall–Kier alpha value is -0.640. The van der Waals surface area contributed by atoms with Crippen LogP contribution in [-0.4, -0.2) is 40.9 Å². The van der Waals surface area contributed by atoms with E-state index >= 15 is 0 Å². The van der Waals surface area contributed by atoms with Crippen molar-refractivity contribution in [3.63, 3.8) is 0 Å². The highest BCUT2D eigenvalue weighted by molar-refractivity contribution is 7.87. The highest BCUT2D eigenvalue weighted by atomic mass is 32.2. The van der Waals surface area contributed by atoms with Crippen molar-refractivity contribution in [1.29, 1.82) is 0 Å². The summed E-state index contributed by atoms with van der Waals surface area (Å²) >= 11 is 0. The molecular formula is C8H15F3N2O3S. The Balaban J connectivity index is 3.76. The number of halogens is 3. The topological polar surface area (TPSA) is 67.4 Å². The van der Waals surface area contributed by atoms with Crippen molar-refractivity contribution in [2.45, 2.75) is 13.1 Å². The lowest BCUT2D eigenvalue weighted by Crippen LogP contribution is -2.42. The van der Waals surface area contributed by atoms with E-state index in [1.807, 2.05) is 4.72 Å². The predicted molar refractivity (Wildman–Crippen MR) is 56.6 cm³/mol. The van der Waals surface area contributed by atoms with Gasteiger partial charge in [0.1, 0.15) is 6.54 Å². The first kappa shape index (κ1) is 16.4. The maximum Gasteiger partial charge on any atom is 0.402 e. The molecule has 0 unspecified atom stereocenters. The van der Waals surface area contributed by atoms with Crippen LogP contribution in [0.5, 0.6) is 0 Å². The molecule has 0 spiro atoms. The molecule has 2 N–H and O–H groups in total. The Kier molecular flexibility index (Phi) is 6.68. The minimum absolute atomic E-state index is 0.0553. The van der Waals surface area contributed by atoms with E-state index < -0.39 is 22.9 Å². The smallest absolute Gasteiger partial charge is 0.376 e. The van der Waals surface area contributed by atoms with Gasteiger partial charge < -0.3 is 4.74 Å². The molecule has 0 bridgehead atoms. The molecule has 0 aromatic carbocycles. The van der Waals surface area contributed by atoms with E-state index in [1.165, 1.54) is 4.72 Å². The number of nitrogens with one attached hydrogen (secondary N) is 2. The van der Waals surface area contributed by atoms with Crippen LogP contribution in [0.15, 0.2) is 12.2 Å². The molecule has 0 aromatic heterocycles. The molecule has 0 aromatic rings. The van der Waals surface area contributed by atoms with E-state index in [2.05, 4.69) is 6.58 Å². The highest BCUT2D eigenvalue weighted by Gasteiger charge is 2.29. The van der Waals surface area contributed by atoms with Crippen molar-refractivity contribution < 1.29 is 26.3 Å². The van der Waals surface area contributed by atoms with E-state index in [0.29, 0.717) is 0 Å². The average molecular weight is 276 g/mol. The Bertz CT molecular complexity index is 340. The summed E-state index contributed by atoms with van der Waals surface area (Å²) in [6, 6.07) is 0. The summed E-state index contributed by atoms with van der Waals surface area (Å²) < 4.78 is 65.4. The fourth-order valence-corrected chi connectivity index (χ4v) is 1.53. The number of hydrogen-bond acceptors (Lipinski definition) is 3. The van der Waals surface area contributed by atoms with Crippen LogP contribution in [-0.2, 0) is 14.9 Å². The van der Waals surface area contributed by atoms with Gasteiger partial charge in [0.25, 0.3) is 10.2 Å². The molecule has 0 fully saturated rings. The summed E-state index contributed by atoms with van der Waals surface area (Å²) in [6.45, 7) is 3.91. The van der Waals surface area contributed by atoms with Crippen LogP contribution >= 0.6 is 0 Å². The van der Waals surface area contributed by atoms with Crippen molar-refractivity contribution in [2.75, 3.05) is 26.3 Å². The minimum atomic E-state index is -4.58. The lowest BCUT2D eigenvalue weighted by molar-refractivity contribution is -0.121. The molecule has 0 rings (SSSR count). The van der Waals surface area contributed by atoms with Gasteiger partial charge in [-0.15, -0.1) is 0 Å². The molecule has 0 atom stereocenters. The number of ether oxygens (including phenoxy) is 1. The summed E-state index contributed by atoms with van der Waals surface area (Å²) in [5.74, 6) is 0. The van der Waals surface area contributed by atoms with Crippen molar-refractivity contribution in [2.24, 2.45) is 0 Å². The van der Waals surface area contributed by atoms with Crippen molar-refractivity contribution >= 4 is 10.2 Å². The summed E-state index contributed by atoms with van der Waals surface area (Å²) in [4.78, 5) is 0. The fraction of sp³-hybridized carbons (Fsp3) is 0.750. The van der Waals surface area contributed by atoms with Gasteiger partial charge in [-0.2, -0.15) is 31.0 Å². The lowest BCUT2D eigenvalue weighted by Gasteiger charge is -2.10. The van der Waals surface area contributed by atoms with Gasteiger partial charge >= 0.3 is 6.18 Å². The van der Waals surface area contributed by atoms with Crippen LogP contribution in [0.1, 0.15) is 6.92 Å². The molecule has 102 valence electrons. The van der Waals surface area contributed by atoms with Gasteiger partial charge in [-0.1, -0.05) is 12.2 Å². The molecule has 0 radical (unpaired) electrons. The number of alkyl halides is 3. The van der Waals surface area contributed by atoms with Crippen molar-refractivity contribution in [3.8, 4) is 0 Å². The standard InChI is InChI=1S/C8H15F3N2O3S/c1-7(2)5-16-4-3-12-17(14,15)13-6-8(9,10)11/h12-13H,1,3-6H2,2H3. The van der Waals surface area contributed by atoms with Gasteiger partial charge in [-0.3, -0.25) is 0 Å². The fourth-order valence-electron chi connectivity index (χ4n) is 0.722.